The number of carbonyl (C=O) groups is 2. The van der Waals surface area contributed by atoms with E-state index in [1.54, 1.807) is 28.6 Å². The molecule has 10 nitrogen and oxygen atoms in total. The molecule has 0 atom stereocenters. The molecule has 2 aliphatic rings. The molecule has 7 rings (SSSR count). The lowest BCUT2D eigenvalue weighted by atomic mass is 10.00. The third kappa shape index (κ3) is 10.0. The molecule has 2 N–H and O–H groups in total. The first-order valence-electron chi connectivity index (χ1n) is 16.1. The van der Waals surface area contributed by atoms with Crippen LogP contribution in [0.3, 0.4) is 0 Å². The largest absolute Gasteiger partial charge is 0.444 e. The van der Waals surface area contributed by atoms with Gasteiger partial charge in [-0.05, 0) is 69.9 Å². The Kier molecular flexibility index (Phi) is 12.2. The third-order valence-corrected chi connectivity index (χ3v) is 10.3. The van der Waals surface area contributed by atoms with Gasteiger partial charge in [-0.3, -0.25) is 14.8 Å². The van der Waals surface area contributed by atoms with Gasteiger partial charge in [0, 0.05) is 53.0 Å². The second kappa shape index (κ2) is 16.7. The molecule has 0 radical (unpaired) electrons. The monoisotopic (exact) mass is 713 g/mol. The Morgan fingerprint density at radius 2 is 1.59 bits per heavy atom. The van der Waals surface area contributed by atoms with Gasteiger partial charge in [0.1, 0.15) is 27.1 Å². The number of thiophene rings is 1. The highest BCUT2D eigenvalue weighted by atomic mass is 32.1. The number of nitriles is 1. The number of ether oxygens (including phenoxy) is 1. The van der Waals surface area contributed by atoms with Crippen LogP contribution in [0.2, 0.25) is 0 Å². The molecule has 13 heteroatoms. The second-order valence-electron chi connectivity index (χ2n) is 12.4. The highest BCUT2D eigenvalue weighted by Gasteiger charge is 2.30. The van der Waals surface area contributed by atoms with Crippen LogP contribution in [0.15, 0.2) is 59.6 Å². The Bertz CT molecular complexity index is 1880. The number of thiazole rings is 2. The predicted octanol–water partition coefficient (Wildman–Crippen LogP) is 8.60. The highest BCUT2D eigenvalue weighted by molar-refractivity contribution is 7.18. The van der Waals surface area contributed by atoms with Crippen molar-refractivity contribution in [3.8, 4) is 39.4 Å². The van der Waals surface area contributed by atoms with Crippen molar-refractivity contribution >= 4 is 50.9 Å². The number of carbonyl (C=O) groups excluding carboxylic acids is 2. The van der Waals surface area contributed by atoms with E-state index in [4.69, 9.17) is 20.7 Å². The molecule has 1 fully saturated rings. The lowest BCUT2D eigenvalue weighted by molar-refractivity contribution is -0.120. The molecule has 1 saturated carbocycles. The summed E-state index contributed by atoms with van der Waals surface area (Å²) in [4.78, 5) is 43.4. The van der Waals surface area contributed by atoms with Crippen LogP contribution in [0.4, 0.5) is 9.80 Å². The van der Waals surface area contributed by atoms with Crippen molar-refractivity contribution < 1.29 is 14.3 Å². The molecule has 0 saturated heterocycles. The molecule has 1 amide bonds. The van der Waals surface area contributed by atoms with Crippen LogP contribution in [-0.2, 0) is 28.9 Å². The number of Topliss-reactive ketones (excluding diaryl/α,β-unsaturated/α-hetero) is 1. The van der Waals surface area contributed by atoms with E-state index in [9.17, 15) is 9.59 Å². The van der Waals surface area contributed by atoms with E-state index in [2.05, 4.69) is 21.0 Å². The molecule has 0 unspecified atom stereocenters. The summed E-state index contributed by atoms with van der Waals surface area (Å²) < 4.78 is 5.51. The SMILES string of the molecule is CC(C)(C)OC(=O)N1CCc2c(sc(N)c2-c2nc(-c3ccccn3)cs2)C1.N#CCc1nc(-c2ccccn2)cs1.O=C1CCCCC1. The molecule has 1 aliphatic carbocycles. The number of hydrogen-bond acceptors (Lipinski definition) is 12. The first kappa shape index (κ1) is 35.8. The number of pyridine rings is 2. The number of aromatic nitrogens is 4. The fraction of sp³-hybridized carbons (Fsp3) is 0.361. The van der Waals surface area contributed by atoms with Crippen LogP contribution in [0.25, 0.3) is 33.3 Å². The number of anilines is 1. The van der Waals surface area contributed by atoms with Gasteiger partial charge in [0.25, 0.3) is 0 Å². The van der Waals surface area contributed by atoms with Gasteiger partial charge in [-0.25, -0.2) is 14.8 Å². The van der Waals surface area contributed by atoms with Gasteiger partial charge in [-0.2, -0.15) is 5.26 Å². The molecule has 5 aromatic heterocycles. The third-order valence-electron chi connectivity index (χ3n) is 7.50. The molecule has 0 bridgehead atoms. The number of hydrogen-bond donors (Lipinski definition) is 1. The summed E-state index contributed by atoms with van der Waals surface area (Å²) >= 11 is 4.60. The zero-order valence-electron chi connectivity index (χ0n) is 27.8. The van der Waals surface area contributed by atoms with Crippen molar-refractivity contribution in [1.29, 1.82) is 5.26 Å². The molecule has 49 heavy (non-hydrogen) atoms. The van der Waals surface area contributed by atoms with E-state index in [0.29, 0.717) is 25.3 Å². The summed E-state index contributed by atoms with van der Waals surface area (Å²) in [6, 6.07) is 13.6. The van der Waals surface area contributed by atoms with E-state index in [1.165, 1.54) is 34.7 Å². The number of amides is 1. The van der Waals surface area contributed by atoms with Gasteiger partial charge < -0.3 is 15.4 Å². The number of nitrogens with two attached hydrogens (primary N) is 1. The van der Waals surface area contributed by atoms with Crippen molar-refractivity contribution in [2.45, 2.75) is 77.9 Å². The molecule has 0 aromatic carbocycles. The normalized spacial score (nSPS) is 14.0. The van der Waals surface area contributed by atoms with E-state index < -0.39 is 5.60 Å². The second-order valence-corrected chi connectivity index (χ2v) is 15.4. The van der Waals surface area contributed by atoms with E-state index in [-0.39, 0.29) is 6.09 Å². The Balaban J connectivity index is 0.000000183. The molecule has 5 aromatic rings. The predicted molar refractivity (Wildman–Crippen MR) is 196 cm³/mol. The van der Waals surface area contributed by atoms with E-state index in [0.717, 1.165) is 80.3 Å². The van der Waals surface area contributed by atoms with Crippen molar-refractivity contribution in [3.05, 3.63) is 75.0 Å². The van der Waals surface area contributed by atoms with Gasteiger partial charge in [0.15, 0.2) is 0 Å². The number of rotatable bonds is 4. The number of nitrogens with zero attached hydrogens (tertiary/aromatic N) is 6. The fourth-order valence-corrected chi connectivity index (χ4v) is 8.02. The molecule has 6 heterocycles. The Labute approximate surface area is 298 Å². The van der Waals surface area contributed by atoms with Crippen molar-refractivity contribution in [2.24, 2.45) is 0 Å². The first-order valence-corrected chi connectivity index (χ1v) is 18.7. The number of fused-ring (bicyclic) bond motifs is 1. The Hall–Kier alpha value is -4.51. The van der Waals surface area contributed by atoms with Gasteiger partial charge in [0.05, 0.1) is 41.1 Å². The zero-order chi connectivity index (χ0) is 34.8. The molecule has 254 valence electrons. The smallest absolute Gasteiger partial charge is 0.410 e. The Morgan fingerprint density at radius 3 is 2.16 bits per heavy atom. The standard InChI is InChI=1S/C20H22N4O2S2.C10H7N3S.C6H10O/c1-20(2,3)26-19(25)24-9-7-12-15(10-24)28-17(21)16(12)18-23-14(11-27-18)13-6-4-5-8-22-13;11-5-4-10-13-9(7-14-10)8-3-1-2-6-12-8;7-6-4-2-1-3-5-6/h4-6,8,11H,7,9-10,21H2,1-3H3;1-3,6-7H,4H2;1-5H2. The van der Waals surface area contributed by atoms with Crippen molar-refractivity contribution in [3.63, 3.8) is 0 Å². The highest BCUT2D eigenvalue weighted by Crippen LogP contribution is 2.43. The van der Waals surface area contributed by atoms with E-state index in [1.807, 2.05) is 67.9 Å². The van der Waals surface area contributed by atoms with Crippen LogP contribution in [-0.4, -0.2) is 48.9 Å². The summed E-state index contributed by atoms with van der Waals surface area (Å²) in [5.41, 5.74) is 11.5. The average molecular weight is 714 g/mol. The number of nitrogen functional groups attached to an aromatic ring is 1. The van der Waals surface area contributed by atoms with Crippen LogP contribution in [0.1, 0.15) is 68.3 Å². The minimum Gasteiger partial charge on any atom is -0.444 e. The summed E-state index contributed by atoms with van der Waals surface area (Å²) in [5.74, 6) is 0.464. The maximum Gasteiger partial charge on any atom is 0.410 e. The van der Waals surface area contributed by atoms with Crippen LogP contribution in [0, 0.1) is 11.3 Å². The Morgan fingerprint density at radius 1 is 0.939 bits per heavy atom. The summed E-state index contributed by atoms with van der Waals surface area (Å²) in [6.07, 6.45) is 9.58. The van der Waals surface area contributed by atoms with Crippen molar-refractivity contribution in [1.82, 2.24) is 24.8 Å². The molecule has 1 aliphatic heterocycles. The summed E-state index contributed by atoms with van der Waals surface area (Å²) in [6.45, 7) is 6.77. The maximum atomic E-state index is 12.4. The van der Waals surface area contributed by atoms with Gasteiger partial charge in [0.2, 0.25) is 0 Å². The van der Waals surface area contributed by atoms with Crippen LogP contribution < -0.4 is 5.73 Å². The lowest BCUT2D eigenvalue weighted by Gasteiger charge is -2.30. The van der Waals surface area contributed by atoms with Gasteiger partial charge >= 0.3 is 6.09 Å². The zero-order valence-corrected chi connectivity index (χ0v) is 30.3. The minimum absolute atomic E-state index is 0.279. The van der Waals surface area contributed by atoms with Crippen LogP contribution >= 0.6 is 34.0 Å². The molecular formula is C36H39N7O3S3. The fourth-order valence-electron chi connectivity index (χ4n) is 5.20. The molecular weight excluding hydrogens is 675 g/mol. The van der Waals surface area contributed by atoms with Gasteiger partial charge in [-0.1, -0.05) is 18.6 Å². The summed E-state index contributed by atoms with van der Waals surface area (Å²) in [7, 11) is 0. The van der Waals surface area contributed by atoms with Crippen LogP contribution in [0.5, 0.6) is 0 Å². The molecule has 0 spiro atoms. The van der Waals surface area contributed by atoms with Crippen molar-refractivity contribution in [2.75, 3.05) is 12.3 Å². The van der Waals surface area contributed by atoms with E-state index >= 15 is 0 Å². The van der Waals surface area contributed by atoms with Gasteiger partial charge in [-0.15, -0.1) is 34.0 Å². The topological polar surface area (TPSA) is 148 Å². The average Bonchev–Trinajstić information content (AvgIpc) is 3.84. The first-order chi connectivity index (χ1) is 23.6. The lowest BCUT2D eigenvalue weighted by Crippen LogP contribution is -2.39. The minimum atomic E-state index is -0.500. The maximum absolute atomic E-state index is 12.4. The quantitative estimate of drug-likeness (QED) is 0.193. The number of ketones is 1. The summed E-state index contributed by atoms with van der Waals surface area (Å²) in [5, 5.41) is 14.9.